The van der Waals surface area contributed by atoms with E-state index in [1.54, 1.807) is 37.3 Å². The molecule has 1 aromatic carbocycles. The number of amides is 1. The molecule has 2 aliphatic rings. The fraction of sp³-hybridized carbons (Fsp3) is 0.400. The van der Waals surface area contributed by atoms with E-state index in [0.29, 0.717) is 41.7 Å². The number of para-hydroxylation sites is 1. The third-order valence-electron chi connectivity index (χ3n) is 6.47. The number of rotatable bonds is 7. The van der Waals surface area contributed by atoms with Gasteiger partial charge in [-0.05, 0) is 49.4 Å². The number of carbonyl (C=O) groups is 2. The molecule has 33 heavy (non-hydrogen) atoms. The molecule has 0 bridgehead atoms. The highest BCUT2D eigenvalue weighted by Crippen LogP contribution is 2.43. The Balaban J connectivity index is 1.82. The van der Waals surface area contributed by atoms with E-state index in [1.807, 2.05) is 24.3 Å². The SMILES string of the molecule is COc1ccccc1CC1C(=O)N(C[C@H]2CCCO2)C(C)=C(C(=O)O)[C@H]1c1ccc(Cl)nc1. The number of carboxylic acids is 1. The Kier molecular flexibility index (Phi) is 7.00. The molecule has 1 fully saturated rings. The number of carboxylic acid groups (broad SMARTS) is 1. The third-order valence-corrected chi connectivity index (χ3v) is 6.70. The van der Waals surface area contributed by atoms with Crippen molar-refractivity contribution in [3.63, 3.8) is 0 Å². The summed E-state index contributed by atoms with van der Waals surface area (Å²) < 4.78 is 11.3. The molecule has 7 nitrogen and oxygen atoms in total. The molecule has 1 unspecified atom stereocenters. The van der Waals surface area contributed by atoms with Gasteiger partial charge in [-0.15, -0.1) is 0 Å². The second kappa shape index (κ2) is 9.93. The summed E-state index contributed by atoms with van der Waals surface area (Å²) in [5.41, 5.74) is 2.11. The van der Waals surface area contributed by atoms with E-state index >= 15 is 0 Å². The van der Waals surface area contributed by atoms with Gasteiger partial charge in [-0.1, -0.05) is 35.9 Å². The number of aromatic nitrogens is 1. The van der Waals surface area contributed by atoms with Gasteiger partial charge in [0.1, 0.15) is 10.9 Å². The number of halogens is 1. The van der Waals surface area contributed by atoms with E-state index in [9.17, 15) is 14.7 Å². The Hall–Kier alpha value is -2.90. The average molecular weight is 471 g/mol. The number of benzene rings is 1. The molecule has 174 valence electrons. The van der Waals surface area contributed by atoms with E-state index < -0.39 is 17.8 Å². The minimum Gasteiger partial charge on any atom is -0.496 e. The number of aliphatic carboxylic acids is 1. The van der Waals surface area contributed by atoms with Crippen molar-refractivity contribution in [3.8, 4) is 5.75 Å². The summed E-state index contributed by atoms with van der Waals surface area (Å²) >= 11 is 5.99. The lowest BCUT2D eigenvalue weighted by Crippen LogP contribution is -2.47. The highest BCUT2D eigenvalue weighted by Gasteiger charge is 2.45. The Morgan fingerprint density at radius 1 is 1.30 bits per heavy atom. The molecular weight excluding hydrogens is 444 g/mol. The van der Waals surface area contributed by atoms with E-state index in [4.69, 9.17) is 21.1 Å². The van der Waals surface area contributed by atoms with Crippen LogP contribution in [0.1, 0.15) is 36.8 Å². The third kappa shape index (κ3) is 4.75. The Bertz CT molecular complexity index is 1060. The first-order valence-electron chi connectivity index (χ1n) is 11.0. The van der Waals surface area contributed by atoms with Crippen LogP contribution in [0.2, 0.25) is 5.15 Å². The smallest absolute Gasteiger partial charge is 0.333 e. The van der Waals surface area contributed by atoms with Crippen LogP contribution >= 0.6 is 11.6 Å². The van der Waals surface area contributed by atoms with Crippen LogP contribution in [0.25, 0.3) is 0 Å². The van der Waals surface area contributed by atoms with Crippen molar-refractivity contribution in [1.29, 1.82) is 0 Å². The highest BCUT2D eigenvalue weighted by atomic mass is 35.5. The van der Waals surface area contributed by atoms with Crippen molar-refractivity contribution < 1.29 is 24.2 Å². The number of carbonyl (C=O) groups excluding carboxylic acids is 1. The molecule has 3 heterocycles. The summed E-state index contributed by atoms with van der Waals surface area (Å²) in [6.45, 7) is 2.70. The van der Waals surface area contributed by atoms with Crippen molar-refractivity contribution in [3.05, 3.63) is 70.1 Å². The van der Waals surface area contributed by atoms with Crippen LogP contribution in [0.5, 0.6) is 5.75 Å². The second-order valence-electron chi connectivity index (χ2n) is 8.40. The van der Waals surface area contributed by atoms with E-state index in [2.05, 4.69) is 4.98 Å². The van der Waals surface area contributed by atoms with Gasteiger partial charge in [0.2, 0.25) is 5.91 Å². The first-order valence-corrected chi connectivity index (χ1v) is 11.4. The lowest BCUT2D eigenvalue weighted by atomic mass is 9.74. The maximum absolute atomic E-state index is 13.9. The van der Waals surface area contributed by atoms with E-state index in [1.165, 1.54) is 0 Å². The summed E-state index contributed by atoms with van der Waals surface area (Å²) in [5.74, 6) is -1.85. The number of allylic oxidation sites excluding steroid dienone is 1. The second-order valence-corrected chi connectivity index (χ2v) is 8.79. The zero-order chi connectivity index (χ0) is 23.5. The molecule has 3 atom stereocenters. The molecule has 0 saturated carbocycles. The Morgan fingerprint density at radius 3 is 2.73 bits per heavy atom. The molecule has 4 rings (SSSR count). The quantitative estimate of drug-likeness (QED) is 0.614. The van der Waals surface area contributed by atoms with Crippen LogP contribution in [0, 0.1) is 5.92 Å². The topological polar surface area (TPSA) is 89.0 Å². The molecule has 8 heteroatoms. The molecule has 2 aromatic rings. The number of pyridine rings is 1. The molecule has 0 radical (unpaired) electrons. The summed E-state index contributed by atoms with van der Waals surface area (Å²) in [5, 5.41) is 10.6. The molecule has 1 aromatic heterocycles. The maximum Gasteiger partial charge on any atom is 0.333 e. The zero-order valence-electron chi connectivity index (χ0n) is 18.7. The van der Waals surface area contributed by atoms with Crippen LogP contribution < -0.4 is 4.74 Å². The molecule has 1 saturated heterocycles. The summed E-state index contributed by atoms with van der Waals surface area (Å²) in [6, 6.07) is 10.9. The molecule has 1 amide bonds. The van der Waals surface area contributed by atoms with E-state index in [-0.39, 0.29) is 17.6 Å². The van der Waals surface area contributed by atoms with Crippen LogP contribution in [-0.4, -0.2) is 53.2 Å². The van der Waals surface area contributed by atoms with Gasteiger partial charge in [-0.2, -0.15) is 0 Å². The van der Waals surface area contributed by atoms with Gasteiger partial charge < -0.3 is 19.5 Å². The largest absolute Gasteiger partial charge is 0.496 e. The lowest BCUT2D eigenvalue weighted by Gasteiger charge is -2.40. The van der Waals surface area contributed by atoms with Crippen molar-refractivity contribution in [2.45, 2.75) is 38.2 Å². The van der Waals surface area contributed by atoms with Gasteiger partial charge in [0.05, 0.1) is 31.2 Å². The van der Waals surface area contributed by atoms with Gasteiger partial charge >= 0.3 is 5.97 Å². The molecule has 0 aliphatic carbocycles. The van der Waals surface area contributed by atoms with Crippen LogP contribution in [0.3, 0.4) is 0 Å². The number of methoxy groups -OCH3 is 1. The van der Waals surface area contributed by atoms with Crippen LogP contribution in [0.15, 0.2) is 53.9 Å². The fourth-order valence-electron chi connectivity index (χ4n) is 4.87. The van der Waals surface area contributed by atoms with Gasteiger partial charge in [-0.25, -0.2) is 9.78 Å². The van der Waals surface area contributed by atoms with Crippen LogP contribution in [0.4, 0.5) is 0 Å². The maximum atomic E-state index is 13.9. The summed E-state index contributed by atoms with van der Waals surface area (Å²) in [7, 11) is 1.58. The first-order chi connectivity index (χ1) is 15.9. The standard InChI is InChI=1S/C25H27ClN2O5/c1-15-22(25(30)31)23(17-9-10-21(26)27-13-17)19(12-16-6-3-4-8-20(16)32-2)24(29)28(15)14-18-7-5-11-33-18/h3-4,6,8-10,13,18-19,23H,5,7,11-12,14H2,1-2H3,(H,30,31)/t18-,19?,23+/m1/s1. The van der Waals surface area contributed by atoms with Gasteiger partial charge in [-0.3, -0.25) is 4.79 Å². The predicted octanol–water partition coefficient (Wildman–Crippen LogP) is 4.07. The van der Waals surface area contributed by atoms with Gasteiger partial charge in [0.15, 0.2) is 0 Å². The number of hydrogen-bond acceptors (Lipinski definition) is 5. The van der Waals surface area contributed by atoms with Crippen molar-refractivity contribution in [1.82, 2.24) is 9.88 Å². The molecule has 2 aliphatic heterocycles. The van der Waals surface area contributed by atoms with Crippen molar-refractivity contribution in [2.75, 3.05) is 20.3 Å². The van der Waals surface area contributed by atoms with Gasteiger partial charge in [0, 0.05) is 24.4 Å². The summed E-state index contributed by atoms with van der Waals surface area (Å²) in [6.07, 6.45) is 3.56. The number of hydrogen-bond donors (Lipinski definition) is 1. The van der Waals surface area contributed by atoms with Gasteiger partial charge in [0.25, 0.3) is 0 Å². The lowest BCUT2D eigenvalue weighted by molar-refractivity contribution is -0.139. The minimum absolute atomic E-state index is 0.0976. The first kappa shape index (κ1) is 23.3. The monoisotopic (exact) mass is 470 g/mol. The molecule has 1 N–H and O–H groups in total. The number of ether oxygens (including phenoxy) is 2. The fourth-order valence-corrected chi connectivity index (χ4v) is 4.98. The predicted molar refractivity (Wildman–Crippen MR) is 123 cm³/mol. The normalized spacial score (nSPS) is 23.2. The Labute approximate surface area is 198 Å². The summed E-state index contributed by atoms with van der Waals surface area (Å²) in [4.78, 5) is 32.2. The molecular formula is C25H27ClN2O5. The van der Waals surface area contributed by atoms with Crippen LogP contribution in [-0.2, 0) is 20.7 Å². The number of nitrogens with zero attached hydrogens (tertiary/aromatic N) is 2. The Morgan fingerprint density at radius 2 is 2.09 bits per heavy atom. The highest BCUT2D eigenvalue weighted by molar-refractivity contribution is 6.29. The van der Waals surface area contributed by atoms with E-state index in [0.717, 1.165) is 18.4 Å². The zero-order valence-corrected chi connectivity index (χ0v) is 19.4. The molecule has 0 spiro atoms. The average Bonchev–Trinajstić information content (AvgIpc) is 3.32. The van der Waals surface area contributed by atoms with Crippen molar-refractivity contribution in [2.24, 2.45) is 5.92 Å². The van der Waals surface area contributed by atoms with Crippen molar-refractivity contribution >= 4 is 23.5 Å². The minimum atomic E-state index is -1.05.